The highest BCUT2D eigenvalue weighted by Gasteiger charge is 1.75. The molecule has 0 aromatic rings. The Morgan fingerprint density at radius 1 is 1.30 bits per heavy atom. The zero-order valence-corrected chi connectivity index (χ0v) is 7.14. The summed E-state index contributed by atoms with van der Waals surface area (Å²) in [4.78, 5) is 9.59. The molecule has 0 aliphatic carbocycles. The van der Waals surface area contributed by atoms with Crippen LogP contribution in [0.25, 0.3) is 0 Å². The molecule has 0 fully saturated rings. The summed E-state index contributed by atoms with van der Waals surface area (Å²) in [5, 5.41) is 0. The lowest BCUT2D eigenvalue weighted by Gasteiger charge is -1.86. The first-order valence-electron chi connectivity index (χ1n) is 3.31. The molecule has 0 radical (unpaired) electrons. The topological polar surface area (TPSA) is 35.5 Å². The molecule has 0 aromatic carbocycles. The number of methoxy groups -OCH3 is 1. The highest BCUT2D eigenvalue weighted by molar-refractivity contribution is 5.65. The second-order valence-electron chi connectivity index (χ2n) is 1.48. The van der Waals surface area contributed by atoms with Crippen LogP contribution in [0.4, 0.5) is 0 Å². The van der Waals surface area contributed by atoms with E-state index in [1.165, 1.54) is 14.0 Å². The predicted octanol–water partition coefficient (Wildman–Crippen LogP) is 1.22. The van der Waals surface area contributed by atoms with Crippen LogP contribution in [0.3, 0.4) is 0 Å². The number of esters is 1. The zero-order chi connectivity index (χ0) is 8.41. The summed E-state index contributed by atoms with van der Waals surface area (Å²) >= 11 is 0. The molecule has 0 saturated heterocycles. The zero-order valence-electron chi connectivity index (χ0n) is 7.14. The number of hydrogen-bond donors (Lipinski definition) is 0. The fourth-order valence-corrected chi connectivity index (χ4v) is 0.204. The van der Waals surface area contributed by atoms with Crippen LogP contribution < -0.4 is 0 Å². The van der Waals surface area contributed by atoms with Crippen molar-refractivity contribution in [3.05, 3.63) is 0 Å². The van der Waals surface area contributed by atoms with Crippen LogP contribution in [-0.4, -0.2) is 26.3 Å². The second kappa shape index (κ2) is 11.3. The predicted molar refractivity (Wildman–Crippen MR) is 39.9 cm³/mol. The summed E-state index contributed by atoms with van der Waals surface area (Å²) in [5.74, 6) is -0.245. The van der Waals surface area contributed by atoms with Gasteiger partial charge in [-0.2, -0.15) is 0 Å². The number of ether oxygens (including phenoxy) is 2. The Balaban J connectivity index is 0. The number of rotatable bonds is 2. The second-order valence-corrected chi connectivity index (χ2v) is 1.48. The smallest absolute Gasteiger partial charge is 0.302 e. The van der Waals surface area contributed by atoms with Gasteiger partial charge in [0.1, 0.15) is 0 Å². The maximum Gasteiger partial charge on any atom is 0.302 e. The molecule has 0 aromatic heterocycles. The minimum absolute atomic E-state index is 0.245. The minimum atomic E-state index is -0.245. The summed E-state index contributed by atoms with van der Waals surface area (Å²) in [7, 11) is 1.35. The molecule has 10 heavy (non-hydrogen) atoms. The molecule has 0 aliphatic rings. The van der Waals surface area contributed by atoms with E-state index in [-0.39, 0.29) is 5.97 Å². The van der Waals surface area contributed by atoms with Gasteiger partial charge in [0.25, 0.3) is 0 Å². The monoisotopic (exact) mass is 148 g/mol. The van der Waals surface area contributed by atoms with E-state index in [9.17, 15) is 4.79 Å². The third kappa shape index (κ3) is 26.1. The largest absolute Gasteiger partial charge is 0.469 e. The van der Waals surface area contributed by atoms with Crippen molar-refractivity contribution in [3.63, 3.8) is 0 Å². The average Bonchev–Trinajstić information content (AvgIpc) is 1.91. The number of carbonyl (C=O) groups is 1. The van der Waals surface area contributed by atoms with Crippen LogP contribution in [0.5, 0.6) is 0 Å². The molecule has 0 rings (SSSR count). The lowest BCUT2D eigenvalue weighted by atomic mass is 10.8. The Hall–Kier alpha value is -0.570. The van der Waals surface area contributed by atoms with Crippen LogP contribution in [-0.2, 0) is 14.3 Å². The van der Waals surface area contributed by atoms with E-state index in [0.29, 0.717) is 0 Å². The molecule has 0 bridgehead atoms. The summed E-state index contributed by atoms with van der Waals surface area (Å²) in [6.45, 7) is 7.03. The van der Waals surface area contributed by atoms with E-state index in [1.807, 2.05) is 13.8 Å². The fourth-order valence-electron chi connectivity index (χ4n) is 0.204. The molecule has 0 aliphatic heterocycles. The van der Waals surface area contributed by atoms with Gasteiger partial charge >= 0.3 is 5.97 Å². The summed E-state index contributed by atoms with van der Waals surface area (Å²) in [6.07, 6.45) is 0. The quantitative estimate of drug-likeness (QED) is 0.552. The van der Waals surface area contributed by atoms with Crippen molar-refractivity contribution < 1.29 is 14.3 Å². The van der Waals surface area contributed by atoms with Crippen LogP contribution in [0.1, 0.15) is 20.8 Å². The highest BCUT2D eigenvalue weighted by Crippen LogP contribution is 1.64. The molecule has 0 saturated carbocycles. The molecule has 0 N–H and O–H groups in total. The van der Waals surface area contributed by atoms with Crippen molar-refractivity contribution in [2.24, 2.45) is 0 Å². The number of carbonyl (C=O) groups excluding carboxylic acids is 1. The van der Waals surface area contributed by atoms with Gasteiger partial charge in [-0.3, -0.25) is 4.79 Å². The van der Waals surface area contributed by atoms with Crippen molar-refractivity contribution in [3.8, 4) is 0 Å². The molecule has 0 spiro atoms. The lowest BCUT2D eigenvalue weighted by molar-refractivity contribution is -0.137. The van der Waals surface area contributed by atoms with E-state index in [2.05, 4.69) is 4.74 Å². The molecule has 0 unspecified atom stereocenters. The first kappa shape index (κ1) is 12.1. The van der Waals surface area contributed by atoms with Gasteiger partial charge in [0, 0.05) is 20.1 Å². The Labute approximate surface area is 62.3 Å². The Morgan fingerprint density at radius 2 is 1.60 bits per heavy atom. The average molecular weight is 148 g/mol. The SMILES string of the molecule is CCOCC.COC(C)=O. The Kier molecular flexibility index (Phi) is 13.7. The fraction of sp³-hybridized carbons (Fsp3) is 0.857. The first-order valence-corrected chi connectivity index (χ1v) is 3.31. The van der Waals surface area contributed by atoms with Crippen molar-refractivity contribution in [1.82, 2.24) is 0 Å². The Morgan fingerprint density at radius 3 is 1.60 bits per heavy atom. The molecular weight excluding hydrogens is 132 g/mol. The van der Waals surface area contributed by atoms with Crippen LogP contribution in [0.2, 0.25) is 0 Å². The van der Waals surface area contributed by atoms with E-state index in [1.54, 1.807) is 0 Å². The van der Waals surface area contributed by atoms with Gasteiger partial charge in [-0.25, -0.2) is 0 Å². The van der Waals surface area contributed by atoms with E-state index in [0.717, 1.165) is 13.2 Å². The molecule has 62 valence electrons. The van der Waals surface area contributed by atoms with E-state index in [4.69, 9.17) is 4.74 Å². The molecule has 0 atom stereocenters. The van der Waals surface area contributed by atoms with Crippen LogP contribution in [0.15, 0.2) is 0 Å². The number of hydrogen-bond acceptors (Lipinski definition) is 3. The van der Waals surface area contributed by atoms with Gasteiger partial charge in [-0.15, -0.1) is 0 Å². The third-order valence-electron chi connectivity index (χ3n) is 0.696. The molecular formula is C7H16O3. The van der Waals surface area contributed by atoms with Gasteiger partial charge < -0.3 is 9.47 Å². The molecule has 0 amide bonds. The minimum Gasteiger partial charge on any atom is -0.469 e. The van der Waals surface area contributed by atoms with Crippen molar-refractivity contribution >= 4 is 5.97 Å². The summed E-state index contributed by atoms with van der Waals surface area (Å²) < 4.78 is 8.94. The van der Waals surface area contributed by atoms with Gasteiger partial charge in [-0.1, -0.05) is 0 Å². The summed E-state index contributed by atoms with van der Waals surface area (Å²) in [6, 6.07) is 0. The lowest BCUT2D eigenvalue weighted by Crippen LogP contribution is -1.88. The van der Waals surface area contributed by atoms with E-state index >= 15 is 0 Å². The van der Waals surface area contributed by atoms with Crippen LogP contribution >= 0.6 is 0 Å². The van der Waals surface area contributed by atoms with E-state index < -0.39 is 0 Å². The van der Waals surface area contributed by atoms with Gasteiger partial charge in [0.15, 0.2) is 0 Å². The van der Waals surface area contributed by atoms with Gasteiger partial charge in [0.2, 0.25) is 0 Å². The first-order chi connectivity index (χ1) is 4.68. The maximum absolute atomic E-state index is 9.59. The van der Waals surface area contributed by atoms with Crippen LogP contribution in [0, 0.1) is 0 Å². The molecule has 3 nitrogen and oxygen atoms in total. The standard InChI is InChI=1S/C4H10O.C3H6O2/c1-3-5-4-2;1-3(4)5-2/h3-4H2,1-2H3;1-2H3. The summed E-state index contributed by atoms with van der Waals surface area (Å²) in [5.41, 5.74) is 0. The van der Waals surface area contributed by atoms with Gasteiger partial charge in [-0.05, 0) is 13.8 Å². The maximum atomic E-state index is 9.59. The van der Waals surface area contributed by atoms with Crippen molar-refractivity contribution in [2.75, 3.05) is 20.3 Å². The van der Waals surface area contributed by atoms with Crippen molar-refractivity contribution in [1.29, 1.82) is 0 Å². The molecule has 0 heterocycles. The highest BCUT2D eigenvalue weighted by atomic mass is 16.5. The normalized spacial score (nSPS) is 7.60. The van der Waals surface area contributed by atoms with Crippen molar-refractivity contribution in [2.45, 2.75) is 20.8 Å². The molecule has 3 heteroatoms. The third-order valence-corrected chi connectivity index (χ3v) is 0.696. The van der Waals surface area contributed by atoms with Gasteiger partial charge in [0.05, 0.1) is 7.11 Å². The Bertz CT molecular complexity index is 69.3.